The third-order valence-corrected chi connectivity index (χ3v) is 2.64. The van der Waals surface area contributed by atoms with Crippen molar-refractivity contribution in [1.29, 1.82) is 0 Å². The van der Waals surface area contributed by atoms with Crippen molar-refractivity contribution in [3.63, 3.8) is 0 Å². The zero-order valence-electron chi connectivity index (χ0n) is 11.4. The largest absolute Gasteiger partial charge is 0.380 e. The van der Waals surface area contributed by atoms with E-state index >= 15 is 0 Å². The van der Waals surface area contributed by atoms with Gasteiger partial charge in [0.1, 0.15) is 11.5 Å². The highest BCUT2D eigenvalue weighted by Crippen LogP contribution is 2.12. The molecule has 0 aliphatic rings. The summed E-state index contributed by atoms with van der Waals surface area (Å²) >= 11 is 0. The van der Waals surface area contributed by atoms with Gasteiger partial charge in [-0.15, -0.1) is 0 Å². The number of hydrogen-bond acceptors (Lipinski definition) is 5. The molecule has 2 rings (SSSR count). The highest BCUT2D eigenvalue weighted by molar-refractivity contribution is 6.02. The number of nitrogens with zero attached hydrogens (tertiary/aromatic N) is 2. The molecule has 1 aromatic carbocycles. The standard InChI is InChI=1S/C14H16N4O2/c1-15-13-8-16-12(7-17-13)14(19)18-11-5-3-4-10(6-11)9-20-2/h3-8H,9H2,1-2H3,(H,15,17)(H,18,19). The van der Waals surface area contributed by atoms with Crippen LogP contribution in [0.1, 0.15) is 16.1 Å². The van der Waals surface area contributed by atoms with Crippen molar-refractivity contribution < 1.29 is 9.53 Å². The molecule has 0 aliphatic carbocycles. The summed E-state index contributed by atoms with van der Waals surface area (Å²) in [6, 6.07) is 7.46. The summed E-state index contributed by atoms with van der Waals surface area (Å²) in [5.41, 5.74) is 1.95. The Morgan fingerprint density at radius 2 is 2.15 bits per heavy atom. The monoisotopic (exact) mass is 272 g/mol. The lowest BCUT2D eigenvalue weighted by atomic mass is 10.2. The van der Waals surface area contributed by atoms with Crippen LogP contribution in [-0.4, -0.2) is 30.0 Å². The normalized spacial score (nSPS) is 10.1. The number of amides is 1. The van der Waals surface area contributed by atoms with Crippen LogP contribution in [0.5, 0.6) is 0 Å². The molecule has 2 aromatic rings. The number of aromatic nitrogens is 2. The summed E-state index contributed by atoms with van der Waals surface area (Å²) in [4.78, 5) is 20.1. The number of rotatable bonds is 5. The van der Waals surface area contributed by atoms with Gasteiger partial charge in [0, 0.05) is 19.8 Å². The van der Waals surface area contributed by atoms with Crippen LogP contribution in [0.25, 0.3) is 0 Å². The molecule has 20 heavy (non-hydrogen) atoms. The summed E-state index contributed by atoms with van der Waals surface area (Å²) in [5, 5.41) is 5.62. The highest BCUT2D eigenvalue weighted by Gasteiger charge is 2.08. The van der Waals surface area contributed by atoms with Crippen LogP contribution in [0.2, 0.25) is 0 Å². The van der Waals surface area contributed by atoms with Gasteiger partial charge in [0.15, 0.2) is 0 Å². The molecular weight excluding hydrogens is 256 g/mol. The van der Waals surface area contributed by atoms with E-state index in [1.807, 2.05) is 24.3 Å². The van der Waals surface area contributed by atoms with Crippen molar-refractivity contribution >= 4 is 17.4 Å². The number of nitrogens with one attached hydrogen (secondary N) is 2. The molecule has 0 saturated carbocycles. The van der Waals surface area contributed by atoms with Crippen LogP contribution in [0.15, 0.2) is 36.7 Å². The Balaban J connectivity index is 2.08. The number of methoxy groups -OCH3 is 1. The van der Waals surface area contributed by atoms with Crippen molar-refractivity contribution in [3.8, 4) is 0 Å². The molecule has 104 valence electrons. The van der Waals surface area contributed by atoms with Crippen LogP contribution in [-0.2, 0) is 11.3 Å². The van der Waals surface area contributed by atoms with Crippen LogP contribution in [0.3, 0.4) is 0 Å². The molecule has 0 bridgehead atoms. The molecule has 6 nitrogen and oxygen atoms in total. The van der Waals surface area contributed by atoms with Gasteiger partial charge in [0.05, 0.1) is 19.0 Å². The van der Waals surface area contributed by atoms with Gasteiger partial charge in [-0.1, -0.05) is 12.1 Å². The van der Waals surface area contributed by atoms with Crippen LogP contribution >= 0.6 is 0 Å². The first-order chi connectivity index (χ1) is 9.72. The Labute approximate surface area is 117 Å². The van der Waals surface area contributed by atoms with Gasteiger partial charge >= 0.3 is 0 Å². The number of anilines is 2. The summed E-state index contributed by atoms with van der Waals surface area (Å²) < 4.78 is 5.06. The van der Waals surface area contributed by atoms with Crippen LogP contribution < -0.4 is 10.6 Å². The van der Waals surface area contributed by atoms with E-state index in [0.29, 0.717) is 18.1 Å². The Kier molecular flexibility index (Phi) is 4.62. The summed E-state index contributed by atoms with van der Waals surface area (Å²) in [7, 11) is 3.37. The maximum Gasteiger partial charge on any atom is 0.275 e. The minimum atomic E-state index is -0.297. The number of benzene rings is 1. The molecule has 0 saturated heterocycles. The van der Waals surface area contributed by atoms with Crippen LogP contribution in [0.4, 0.5) is 11.5 Å². The van der Waals surface area contributed by atoms with Gasteiger partial charge in [0.25, 0.3) is 5.91 Å². The average Bonchev–Trinajstić information content (AvgIpc) is 2.48. The quantitative estimate of drug-likeness (QED) is 0.869. The molecule has 6 heteroatoms. The van der Waals surface area contributed by atoms with E-state index in [-0.39, 0.29) is 11.6 Å². The first-order valence-corrected chi connectivity index (χ1v) is 6.12. The number of carbonyl (C=O) groups is 1. The van der Waals surface area contributed by atoms with E-state index in [0.717, 1.165) is 5.56 Å². The maximum absolute atomic E-state index is 12.0. The van der Waals surface area contributed by atoms with Gasteiger partial charge in [0.2, 0.25) is 0 Å². The molecule has 2 N–H and O–H groups in total. The minimum absolute atomic E-state index is 0.265. The van der Waals surface area contributed by atoms with E-state index < -0.39 is 0 Å². The van der Waals surface area contributed by atoms with E-state index in [2.05, 4.69) is 20.6 Å². The maximum atomic E-state index is 12.0. The topological polar surface area (TPSA) is 76.1 Å². The fraction of sp³-hybridized carbons (Fsp3) is 0.214. The smallest absolute Gasteiger partial charge is 0.275 e. The zero-order chi connectivity index (χ0) is 14.4. The molecule has 0 spiro atoms. The minimum Gasteiger partial charge on any atom is -0.380 e. The van der Waals surface area contributed by atoms with Crippen molar-refractivity contribution in [2.75, 3.05) is 24.8 Å². The summed E-state index contributed by atoms with van der Waals surface area (Å²) in [6.07, 6.45) is 2.94. The van der Waals surface area contributed by atoms with E-state index in [1.165, 1.54) is 12.4 Å². The summed E-state index contributed by atoms with van der Waals surface area (Å²) in [5.74, 6) is 0.318. The molecular formula is C14H16N4O2. The molecule has 0 atom stereocenters. The first-order valence-electron chi connectivity index (χ1n) is 6.12. The SMILES string of the molecule is CNc1cnc(C(=O)Nc2cccc(COC)c2)cn1. The molecule has 0 fully saturated rings. The molecule has 0 unspecified atom stereocenters. The van der Waals surface area contributed by atoms with Crippen molar-refractivity contribution in [2.24, 2.45) is 0 Å². The second-order valence-corrected chi connectivity index (χ2v) is 4.12. The highest BCUT2D eigenvalue weighted by atomic mass is 16.5. The lowest BCUT2D eigenvalue weighted by Gasteiger charge is -2.07. The Bertz CT molecular complexity index is 584. The van der Waals surface area contributed by atoms with Crippen molar-refractivity contribution in [1.82, 2.24) is 9.97 Å². The molecule has 0 radical (unpaired) electrons. The van der Waals surface area contributed by atoms with Gasteiger partial charge < -0.3 is 15.4 Å². The Morgan fingerprint density at radius 1 is 1.30 bits per heavy atom. The number of hydrogen-bond donors (Lipinski definition) is 2. The first kappa shape index (κ1) is 14.0. The molecule has 1 aromatic heterocycles. The van der Waals surface area contributed by atoms with Crippen molar-refractivity contribution in [3.05, 3.63) is 47.9 Å². The lowest BCUT2D eigenvalue weighted by Crippen LogP contribution is -2.14. The van der Waals surface area contributed by atoms with Gasteiger partial charge in [-0.05, 0) is 17.7 Å². The second-order valence-electron chi connectivity index (χ2n) is 4.12. The fourth-order valence-corrected chi connectivity index (χ4v) is 1.68. The molecule has 1 amide bonds. The van der Waals surface area contributed by atoms with Gasteiger partial charge in [-0.25, -0.2) is 9.97 Å². The predicted octanol–water partition coefficient (Wildman–Crippen LogP) is 1.92. The second kappa shape index (κ2) is 6.63. The van der Waals surface area contributed by atoms with Crippen LogP contribution in [0, 0.1) is 0 Å². The van der Waals surface area contributed by atoms with Gasteiger partial charge in [-0.3, -0.25) is 4.79 Å². The van der Waals surface area contributed by atoms with Gasteiger partial charge in [-0.2, -0.15) is 0 Å². The predicted molar refractivity (Wildman–Crippen MR) is 76.7 cm³/mol. The number of carbonyl (C=O) groups excluding carboxylic acids is 1. The Hall–Kier alpha value is -2.47. The third-order valence-electron chi connectivity index (χ3n) is 2.64. The average molecular weight is 272 g/mol. The fourth-order valence-electron chi connectivity index (χ4n) is 1.68. The Morgan fingerprint density at radius 3 is 2.80 bits per heavy atom. The van der Waals surface area contributed by atoms with E-state index in [1.54, 1.807) is 14.2 Å². The summed E-state index contributed by atoms with van der Waals surface area (Å²) in [6.45, 7) is 0.500. The number of ether oxygens (including phenoxy) is 1. The van der Waals surface area contributed by atoms with E-state index in [9.17, 15) is 4.79 Å². The van der Waals surface area contributed by atoms with Crippen molar-refractivity contribution in [2.45, 2.75) is 6.61 Å². The van der Waals surface area contributed by atoms with E-state index in [4.69, 9.17) is 4.74 Å². The zero-order valence-corrected chi connectivity index (χ0v) is 11.4. The molecule has 0 aliphatic heterocycles. The lowest BCUT2D eigenvalue weighted by molar-refractivity contribution is 0.102. The molecule has 1 heterocycles. The third kappa shape index (κ3) is 3.52.